The molecule has 0 atom stereocenters. The van der Waals surface area contributed by atoms with Crippen LogP contribution in [0.3, 0.4) is 0 Å². The molecule has 1 aliphatic carbocycles. The summed E-state index contributed by atoms with van der Waals surface area (Å²) in [5.74, 6) is 1.78. The molecule has 1 saturated heterocycles. The lowest BCUT2D eigenvalue weighted by Gasteiger charge is -2.44. The van der Waals surface area contributed by atoms with Crippen LogP contribution in [-0.4, -0.2) is 57.4 Å². The average Bonchev–Trinajstić information content (AvgIpc) is 2.88. The van der Waals surface area contributed by atoms with E-state index < -0.39 is 10.0 Å². The number of rotatable bonds is 5. The van der Waals surface area contributed by atoms with Crippen molar-refractivity contribution in [1.29, 1.82) is 0 Å². The number of benzene rings is 2. The van der Waals surface area contributed by atoms with Crippen molar-refractivity contribution < 1.29 is 13.2 Å². The number of sulfonamides is 1. The van der Waals surface area contributed by atoms with Crippen molar-refractivity contribution >= 4 is 28.3 Å². The summed E-state index contributed by atoms with van der Waals surface area (Å²) in [6.45, 7) is 3.17. The predicted octanol–water partition coefficient (Wildman–Crippen LogP) is 3.31. The molecule has 2 aliphatic heterocycles. The Hall–Kier alpha value is -2.13. The van der Waals surface area contributed by atoms with E-state index in [1.165, 1.54) is 17.5 Å². The highest BCUT2D eigenvalue weighted by molar-refractivity contribution is 7.89. The molecule has 2 aromatic rings. The van der Waals surface area contributed by atoms with Gasteiger partial charge in [0.1, 0.15) is 11.6 Å². The van der Waals surface area contributed by atoms with E-state index in [1.54, 1.807) is 17.5 Å². The van der Waals surface area contributed by atoms with Crippen LogP contribution in [-0.2, 0) is 29.4 Å². The molecule has 1 spiro atoms. The molecule has 0 aromatic heterocycles. The fourth-order valence-electron chi connectivity index (χ4n) is 5.39. The number of hydrogen-bond acceptors (Lipinski definition) is 6. The molecule has 190 valence electrons. The maximum absolute atomic E-state index is 13.4. The number of nitrogens with zero attached hydrogens (tertiary/aromatic N) is 2. The third-order valence-corrected chi connectivity index (χ3v) is 9.35. The highest BCUT2D eigenvalue weighted by Crippen LogP contribution is 2.31. The van der Waals surface area contributed by atoms with Crippen LogP contribution in [0.1, 0.15) is 42.4 Å². The summed E-state index contributed by atoms with van der Waals surface area (Å²) in [7, 11) is -1.83. The van der Waals surface area contributed by atoms with E-state index in [9.17, 15) is 8.42 Å². The second-order valence-electron chi connectivity index (χ2n) is 9.48. The van der Waals surface area contributed by atoms with Crippen LogP contribution < -0.4 is 15.4 Å². The van der Waals surface area contributed by atoms with Crippen molar-refractivity contribution in [2.24, 2.45) is 4.99 Å². The van der Waals surface area contributed by atoms with Gasteiger partial charge in [-0.05, 0) is 79.5 Å². The number of nitrogens with one attached hydrogen (secondary N) is 2. The van der Waals surface area contributed by atoms with E-state index in [0.717, 1.165) is 49.5 Å². The fourth-order valence-corrected chi connectivity index (χ4v) is 6.89. The van der Waals surface area contributed by atoms with Gasteiger partial charge in [-0.25, -0.2) is 8.42 Å². The summed E-state index contributed by atoms with van der Waals surface area (Å²) in [5, 5.41) is 7.19. The molecule has 1 fully saturated rings. The molecule has 2 aromatic carbocycles. The lowest BCUT2D eigenvalue weighted by atomic mass is 9.85. The van der Waals surface area contributed by atoms with Crippen LogP contribution in [0.2, 0.25) is 0 Å². The lowest BCUT2D eigenvalue weighted by molar-refractivity contribution is 0.241. The molecular formula is C26H35ClN4O3S. The SMILES string of the molecule is COc1ccc(CNC2=NCCNC23CCN(S(=O)(=O)c2ccc4c(c2)CCCC4)CC3)cc1.Cl. The number of amidine groups is 1. The number of aryl methyl sites for hydroxylation is 2. The predicted molar refractivity (Wildman–Crippen MR) is 141 cm³/mol. The third kappa shape index (κ3) is 5.35. The minimum atomic E-state index is -3.50. The molecule has 0 radical (unpaired) electrons. The summed E-state index contributed by atoms with van der Waals surface area (Å²) in [6.07, 6.45) is 5.76. The normalized spacial score (nSPS) is 19.9. The first kappa shape index (κ1) is 25.9. The van der Waals surface area contributed by atoms with Crippen molar-refractivity contribution in [3.8, 4) is 5.75 Å². The summed E-state index contributed by atoms with van der Waals surface area (Å²) in [6, 6.07) is 13.7. The lowest BCUT2D eigenvalue weighted by Crippen LogP contribution is -2.64. The van der Waals surface area contributed by atoms with Gasteiger partial charge < -0.3 is 15.4 Å². The van der Waals surface area contributed by atoms with Gasteiger partial charge in [-0.15, -0.1) is 12.4 Å². The zero-order valence-corrected chi connectivity index (χ0v) is 21.9. The molecule has 0 unspecified atom stereocenters. The Balaban J connectivity index is 0.00000289. The van der Waals surface area contributed by atoms with Gasteiger partial charge in [0.25, 0.3) is 0 Å². The number of aliphatic imine (C=N–C) groups is 1. The molecular weight excluding hydrogens is 484 g/mol. The third-order valence-electron chi connectivity index (χ3n) is 7.45. The number of methoxy groups -OCH3 is 1. The van der Waals surface area contributed by atoms with Gasteiger partial charge >= 0.3 is 0 Å². The summed E-state index contributed by atoms with van der Waals surface area (Å²) in [4.78, 5) is 5.24. The zero-order chi connectivity index (χ0) is 23.6. The Morgan fingerprint density at radius 1 is 1.06 bits per heavy atom. The molecule has 35 heavy (non-hydrogen) atoms. The largest absolute Gasteiger partial charge is 0.497 e. The maximum Gasteiger partial charge on any atom is 0.243 e. The van der Waals surface area contributed by atoms with Gasteiger partial charge in [0.05, 0.1) is 24.1 Å². The van der Waals surface area contributed by atoms with Crippen molar-refractivity contribution in [2.75, 3.05) is 33.3 Å². The molecule has 0 bridgehead atoms. The van der Waals surface area contributed by atoms with Crippen molar-refractivity contribution in [3.63, 3.8) is 0 Å². The van der Waals surface area contributed by atoms with E-state index in [-0.39, 0.29) is 17.9 Å². The number of fused-ring (bicyclic) bond motifs is 1. The Bertz CT molecular complexity index is 1160. The molecule has 0 saturated carbocycles. The monoisotopic (exact) mass is 518 g/mol. The van der Waals surface area contributed by atoms with Gasteiger partial charge in [0.2, 0.25) is 10.0 Å². The topological polar surface area (TPSA) is 83.0 Å². The average molecular weight is 519 g/mol. The van der Waals surface area contributed by atoms with Crippen LogP contribution in [0.5, 0.6) is 5.75 Å². The Morgan fingerprint density at radius 3 is 2.49 bits per heavy atom. The minimum absolute atomic E-state index is 0. The quantitative estimate of drug-likeness (QED) is 0.634. The first-order valence-corrected chi connectivity index (χ1v) is 13.7. The van der Waals surface area contributed by atoms with Crippen LogP contribution in [0.15, 0.2) is 52.4 Å². The molecule has 7 nitrogen and oxygen atoms in total. The van der Waals surface area contributed by atoms with Crippen molar-refractivity contribution in [1.82, 2.24) is 14.9 Å². The van der Waals surface area contributed by atoms with Crippen LogP contribution in [0.4, 0.5) is 0 Å². The van der Waals surface area contributed by atoms with E-state index in [2.05, 4.69) is 10.6 Å². The van der Waals surface area contributed by atoms with Gasteiger partial charge in [0.15, 0.2) is 0 Å². The zero-order valence-electron chi connectivity index (χ0n) is 20.3. The van der Waals surface area contributed by atoms with Gasteiger partial charge in [-0.2, -0.15) is 4.31 Å². The van der Waals surface area contributed by atoms with E-state index >= 15 is 0 Å². The van der Waals surface area contributed by atoms with E-state index in [4.69, 9.17) is 9.73 Å². The molecule has 0 amide bonds. The number of halogens is 1. The summed E-state index contributed by atoms with van der Waals surface area (Å²) >= 11 is 0. The van der Waals surface area contributed by atoms with Crippen LogP contribution in [0, 0.1) is 0 Å². The maximum atomic E-state index is 13.4. The second kappa shape index (κ2) is 10.9. The number of hydrogen-bond donors (Lipinski definition) is 2. The molecule has 3 aliphatic rings. The molecule has 5 rings (SSSR count). The van der Waals surface area contributed by atoms with Crippen molar-refractivity contribution in [2.45, 2.75) is 55.5 Å². The summed E-state index contributed by atoms with van der Waals surface area (Å²) < 4.78 is 33.8. The van der Waals surface area contributed by atoms with Crippen LogP contribution >= 0.6 is 12.4 Å². The van der Waals surface area contributed by atoms with E-state index in [0.29, 0.717) is 37.4 Å². The van der Waals surface area contributed by atoms with Gasteiger partial charge in [-0.1, -0.05) is 18.2 Å². The highest BCUT2D eigenvalue weighted by Gasteiger charge is 2.43. The first-order valence-electron chi connectivity index (χ1n) is 12.3. The first-order chi connectivity index (χ1) is 16.5. The molecule has 2 N–H and O–H groups in total. The molecule has 9 heteroatoms. The Labute approximate surface area is 214 Å². The summed E-state index contributed by atoms with van der Waals surface area (Å²) in [5.41, 5.74) is 3.36. The minimum Gasteiger partial charge on any atom is -0.497 e. The molecule has 2 heterocycles. The number of ether oxygens (including phenoxy) is 1. The fraction of sp³-hybridized carbons (Fsp3) is 0.500. The Kier molecular flexibility index (Phi) is 8.06. The van der Waals surface area contributed by atoms with Crippen LogP contribution in [0.25, 0.3) is 0 Å². The Morgan fingerprint density at radius 2 is 1.77 bits per heavy atom. The van der Waals surface area contributed by atoms with Gasteiger partial charge in [-0.3, -0.25) is 4.99 Å². The van der Waals surface area contributed by atoms with Gasteiger partial charge in [0, 0.05) is 26.2 Å². The highest BCUT2D eigenvalue weighted by atomic mass is 35.5. The standard InChI is InChI=1S/C26H34N4O3S.ClH/c1-33-23-9-6-20(7-10-23)19-28-25-26(29-15-14-27-25)12-16-30(17-13-26)34(31,32)24-11-8-21-4-2-3-5-22(21)18-24;/h6-11,18,29H,2-5,12-17,19H2,1H3,(H,27,28);1H. The second-order valence-corrected chi connectivity index (χ2v) is 11.4. The van der Waals surface area contributed by atoms with E-state index in [1.807, 2.05) is 36.4 Å². The number of piperidine rings is 1. The smallest absolute Gasteiger partial charge is 0.243 e. The van der Waals surface area contributed by atoms with Crippen molar-refractivity contribution in [3.05, 3.63) is 59.2 Å².